The van der Waals surface area contributed by atoms with Gasteiger partial charge in [0.1, 0.15) is 6.67 Å². The lowest BCUT2D eigenvalue weighted by Gasteiger charge is -2.00. The van der Waals surface area contributed by atoms with Crippen LogP contribution < -0.4 is 0 Å². The van der Waals surface area contributed by atoms with Crippen molar-refractivity contribution in [2.24, 2.45) is 0 Å². The van der Waals surface area contributed by atoms with Crippen LogP contribution in [0.15, 0.2) is 36.4 Å². The molecule has 13 heavy (non-hydrogen) atoms. The van der Waals surface area contributed by atoms with Crippen LogP contribution in [0.4, 0.5) is 4.39 Å². The van der Waals surface area contributed by atoms with Crippen LogP contribution in [0.2, 0.25) is 0 Å². The Morgan fingerprint density at radius 3 is 2.46 bits per heavy atom. The Hall–Kier alpha value is -1.37. The van der Waals surface area contributed by atoms with E-state index in [0.717, 1.165) is 10.9 Å². The van der Waals surface area contributed by atoms with E-state index in [1.807, 2.05) is 30.3 Å². The fourth-order valence-corrected chi connectivity index (χ4v) is 1.50. The Morgan fingerprint density at radius 2 is 1.69 bits per heavy atom. The number of halogens is 1. The first-order chi connectivity index (χ1) is 6.29. The molecule has 1 heteroatoms. The monoisotopic (exact) mass is 174 g/mol. The molecule has 2 rings (SSSR count). The summed E-state index contributed by atoms with van der Waals surface area (Å²) in [4.78, 5) is 0. The Morgan fingerprint density at radius 1 is 1.00 bits per heavy atom. The van der Waals surface area contributed by atoms with Gasteiger partial charge in [-0.15, -0.1) is 0 Å². The maximum absolute atomic E-state index is 12.3. The first kappa shape index (κ1) is 8.24. The average molecular weight is 174 g/mol. The lowest BCUT2D eigenvalue weighted by molar-refractivity contribution is 0.485. The standard InChI is InChI=1S/C12H11F/c1-9-2-4-12-7-10(8-13)3-5-11(12)6-9/h2-7H,8H2,1H3. The summed E-state index contributed by atoms with van der Waals surface area (Å²) in [5.74, 6) is 0. The van der Waals surface area contributed by atoms with Gasteiger partial charge in [0.15, 0.2) is 0 Å². The van der Waals surface area contributed by atoms with Crippen molar-refractivity contribution in [1.29, 1.82) is 0 Å². The molecule has 66 valence electrons. The molecular weight excluding hydrogens is 163 g/mol. The van der Waals surface area contributed by atoms with Crippen LogP contribution in [0.5, 0.6) is 0 Å². The minimum Gasteiger partial charge on any atom is -0.246 e. The van der Waals surface area contributed by atoms with Gasteiger partial charge in [-0.05, 0) is 29.3 Å². The third-order valence-corrected chi connectivity index (χ3v) is 2.21. The Balaban J connectivity index is 2.66. The van der Waals surface area contributed by atoms with Gasteiger partial charge in [0.25, 0.3) is 0 Å². The van der Waals surface area contributed by atoms with Crippen molar-refractivity contribution >= 4 is 10.8 Å². The summed E-state index contributed by atoms with van der Waals surface area (Å²) in [6, 6.07) is 11.9. The molecule has 0 nitrogen and oxygen atoms in total. The first-order valence-electron chi connectivity index (χ1n) is 4.35. The van der Waals surface area contributed by atoms with E-state index in [2.05, 4.69) is 13.0 Å². The summed E-state index contributed by atoms with van der Waals surface area (Å²) < 4.78 is 12.3. The van der Waals surface area contributed by atoms with Gasteiger partial charge >= 0.3 is 0 Å². The summed E-state index contributed by atoms with van der Waals surface area (Å²) >= 11 is 0. The molecule has 2 aromatic rings. The van der Waals surface area contributed by atoms with Gasteiger partial charge in [0, 0.05) is 0 Å². The van der Waals surface area contributed by atoms with Crippen molar-refractivity contribution in [3.05, 3.63) is 47.5 Å². The lowest BCUT2D eigenvalue weighted by Crippen LogP contribution is -1.80. The summed E-state index contributed by atoms with van der Waals surface area (Å²) in [5.41, 5.74) is 1.98. The van der Waals surface area contributed by atoms with Crippen molar-refractivity contribution in [3.8, 4) is 0 Å². The maximum Gasteiger partial charge on any atom is 0.115 e. The minimum absolute atomic E-state index is 0.385. The van der Waals surface area contributed by atoms with Gasteiger partial charge in [-0.1, -0.05) is 35.9 Å². The molecule has 0 aliphatic carbocycles. The number of hydrogen-bond acceptors (Lipinski definition) is 0. The predicted octanol–water partition coefficient (Wildman–Crippen LogP) is 3.62. The zero-order chi connectivity index (χ0) is 9.26. The quantitative estimate of drug-likeness (QED) is 0.619. The molecule has 0 N–H and O–H groups in total. The van der Waals surface area contributed by atoms with Crippen LogP contribution in [0.25, 0.3) is 10.8 Å². The molecule has 0 aliphatic heterocycles. The van der Waals surface area contributed by atoms with Crippen molar-refractivity contribution in [3.63, 3.8) is 0 Å². The fraction of sp³-hybridized carbons (Fsp3) is 0.167. The van der Waals surface area contributed by atoms with Gasteiger partial charge < -0.3 is 0 Å². The molecular formula is C12H11F. The van der Waals surface area contributed by atoms with Gasteiger partial charge in [0.05, 0.1) is 0 Å². The second kappa shape index (κ2) is 3.17. The molecule has 0 amide bonds. The van der Waals surface area contributed by atoms with Crippen LogP contribution in [-0.4, -0.2) is 0 Å². The van der Waals surface area contributed by atoms with Gasteiger partial charge in [-0.3, -0.25) is 0 Å². The summed E-state index contributed by atoms with van der Waals surface area (Å²) in [6.45, 7) is 1.67. The van der Waals surface area contributed by atoms with E-state index in [0.29, 0.717) is 0 Å². The molecule has 0 radical (unpaired) electrons. The van der Waals surface area contributed by atoms with E-state index < -0.39 is 0 Å². The maximum atomic E-state index is 12.3. The summed E-state index contributed by atoms with van der Waals surface area (Å²) in [7, 11) is 0. The van der Waals surface area contributed by atoms with Crippen LogP contribution in [0, 0.1) is 6.92 Å². The number of rotatable bonds is 1. The molecule has 0 atom stereocenters. The molecule has 2 aromatic carbocycles. The molecule has 0 heterocycles. The molecule has 0 bridgehead atoms. The van der Waals surface area contributed by atoms with Gasteiger partial charge in [0.2, 0.25) is 0 Å². The lowest BCUT2D eigenvalue weighted by atomic mass is 10.1. The zero-order valence-electron chi connectivity index (χ0n) is 7.55. The zero-order valence-corrected chi connectivity index (χ0v) is 7.55. The van der Waals surface area contributed by atoms with Crippen molar-refractivity contribution in [2.45, 2.75) is 13.6 Å². The highest BCUT2D eigenvalue weighted by atomic mass is 19.1. The summed E-state index contributed by atoms with van der Waals surface area (Å²) in [6.07, 6.45) is 0. The number of hydrogen-bond donors (Lipinski definition) is 0. The minimum atomic E-state index is -0.385. The molecule has 0 aliphatic rings. The topological polar surface area (TPSA) is 0 Å². The second-order valence-corrected chi connectivity index (χ2v) is 3.32. The van der Waals surface area contributed by atoms with Crippen LogP contribution >= 0.6 is 0 Å². The number of aryl methyl sites for hydroxylation is 1. The van der Waals surface area contributed by atoms with E-state index in [9.17, 15) is 4.39 Å². The third kappa shape index (κ3) is 1.55. The van der Waals surface area contributed by atoms with Crippen molar-refractivity contribution < 1.29 is 4.39 Å². The Bertz CT molecular complexity index is 432. The second-order valence-electron chi connectivity index (χ2n) is 3.32. The molecule has 0 unspecified atom stereocenters. The fourth-order valence-electron chi connectivity index (χ4n) is 1.50. The number of benzene rings is 2. The average Bonchev–Trinajstić information content (AvgIpc) is 2.17. The van der Waals surface area contributed by atoms with Crippen LogP contribution in [0.1, 0.15) is 11.1 Å². The predicted molar refractivity (Wildman–Crippen MR) is 53.5 cm³/mol. The van der Waals surface area contributed by atoms with E-state index in [1.165, 1.54) is 10.9 Å². The van der Waals surface area contributed by atoms with Crippen LogP contribution in [0.3, 0.4) is 0 Å². The van der Waals surface area contributed by atoms with E-state index in [4.69, 9.17) is 0 Å². The SMILES string of the molecule is Cc1ccc2cc(CF)ccc2c1. The highest BCUT2D eigenvalue weighted by molar-refractivity contribution is 5.83. The highest BCUT2D eigenvalue weighted by Crippen LogP contribution is 2.17. The Kier molecular flexibility index (Phi) is 2.01. The summed E-state index contributed by atoms with van der Waals surface area (Å²) in [5, 5.41) is 2.29. The van der Waals surface area contributed by atoms with E-state index in [-0.39, 0.29) is 6.67 Å². The molecule has 0 fully saturated rings. The molecule has 0 saturated carbocycles. The molecule has 0 spiro atoms. The highest BCUT2D eigenvalue weighted by Gasteiger charge is 1.95. The van der Waals surface area contributed by atoms with Gasteiger partial charge in [-0.25, -0.2) is 4.39 Å². The Labute approximate surface area is 77.0 Å². The van der Waals surface area contributed by atoms with Crippen LogP contribution in [-0.2, 0) is 6.67 Å². The molecule has 0 saturated heterocycles. The number of fused-ring (bicyclic) bond motifs is 1. The third-order valence-electron chi connectivity index (χ3n) is 2.21. The largest absolute Gasteiger partial charge is 0.246 e. The number of alkyl halides is 1. The van der Waals surface area contributed by atoms with Crippen molar-refractivity contribution in [1.82, 2.24) is 0 Å². The van der Waals surface area contributed by atoms with E-state index in [1.54, 1.807) is 0 Å². The smallest absolute Gasteiger partial charge is 0.115 e. The normalized spacial score (nSPS) is 10.6. The van der Waals surface area contributed by atoms with Crippen molar-refractivity contribution in [2.75, 3.05) is 0 Å². The van der Waals surface area contributed by atoms with Gasteiger partial charge in [-0.2, -0.15) is 0 Å². The first-order valence-corrected chi connectivity index (χ1v) is 4.35. The van der Waals surface area contributed by atoms with E-state index >= 15 is 0 Å². The molecule has 0 aromatic heterocycles.